The van der Waals surface area contributed by atoms with Crippen LogP contribution in [0.3, 0.4) is 0 Å². The van der Waals surface area contributed by atoms with Gasteiger partial charge in [-0.15, -0.1) is 0 Å². The fourth-order valence-corrected chi connectivity index (χ4v) is 2.80. The van der Waals surface area contributed by atoms with Crippen LogP contribution in [0.5, 0.6) is 0 Å². The first kappa shape index (κ1) is 16.8. The molecule has 0 radical (unpaired) electrons. The van der Waals surface area contributed by atoms with Crippen molar-refractivity contribution in [3.8, 4) is 0 Å². The Labute approximate surface area is 138 Å². The average molecular weight is 359 g/mol. The van der Waals surface area contributed by atoms with Crippen LogP contribution in [-0.4, -0.2) is 20.6 Å². The van der Waals surface area contributed by atoms with Crippen molar-refractivity contribution in [1.29, 1.82) is 0 Å². The summed E-state index contributed by atoms with van der Waals surface area (Å²) in [7, 11) is -3.29. The van der Waals surface area contributed by atoms with Crippen molar-refractivity contribution in [3.05, 3.63) is 63.6 Å². The molecule has 0 aliphatic rings. The van der Waals surface area contributed by atoms with Gasteiger partial charge < -0.3 is 4.74 Å². The molecule has 0 amide bonds. The molecule has 0 bridgehead atoms. The monoisotopic (exact) mass is 358 g/mol. The van der Waals surface area contributed by atoms with Gasteiger partial charge in [-0.25, -0.2) is 13.2 Å². The fraction of sp³-hybridized carbons (Fsp3) is 0.133. The standard InChI is InChI=1S/C15H12Cl2O4S/c1-22(19,20)13-6-3-10(4-7-13)15(18)21-9-11-2-5-12(16)8-14(11)17/h2-8H,9H2,1H3. The van der Waals surface area contributed by atoms with Crippen molar-refractivity contribution in [3.63, 3.8) is 0 Å². The van der Waals surface area contributed by atoms with Crippen molar-refractivity contribution in [2.24, 2.45) is 0 Å². The Morgan fingerprint density at radius 1 is 1.09 bits per heavy atom. The van der Waals surface area contributed by atoms with Crippen molar-refractivity contribution < 1.29 is 17.9 Å². The number of carbonyl (C=O) groups excluding carboxylic acids is 1. The minimum atomic E-state index is -3.29. The van der Waals surface area contributed by atoms with E-state index in [1.807, 2.05) is 0 Å². The topological polar surface area (TPSA) is 60.4 Å². The van der Waals surface area contributed by atoms with E-state index in [-0.39, 0.29) is 17.1 Å². The van der Waals surface area contributed by atoms with E-state index >= 15 is 0 Å². The molecule has 0 fully saturated rings. The molecule has 7 heteroatoms. The molecule has 0 aliphatic carbocycles. The number of ether oxygens (including phenoxy) is 1. The molecule has 2 aromatic rings. The summed E-state index contributed by atoms with van der Waals surface area (Å²) in [6, 6.07) is 10.4. The summed E-state index contributed by atoms with van der Waals surface area (Å²) in [4.78, 5) is 12.1. The minimum Gasteiger partial charge on any atom is -0.457 e. The number of sulfone groups is 1. The molecule has 0 N–H and O–H groups in total. The zero-order valence-electron chi connectivity index (χ0n) is 11.5. The maximum Gasteiger partial charge on any atom is 0.338 e. The van der Waals surface area contributed by atoms with Gasteiger partial charge in [-0.05, 0) is 36.4 Å². The number of hydrogen-bond acceptors (Lipinski definition) is 4. The lowest BCUT2D eigenvalue weighted by Crippen LogP contribution is -2.06. The first-order valence-corrected chi connectivity index (χ1v) is 8.83. The Bertz CT molecular complexity index is 799. The Hall–Kier alpha value is -1.56. The molecule has 2 rings (SSSR count). The Morgan fingerprint density at radius 2 is 1.73 bits per heavy atom. The summed E-state index contributed by atoms with van der Waals surface area (Å²) in [5.41, 5.74) is 0.893. The van der Waals surface area contributed by atoms with Crippen LogP contribution in [0.25, 0.3) is 0 Å². The number of rotatable bonds is 4. The number of halogens is 2. The van der Waals surface area contributed by atoms with Gasteiger partial charge in [0.05, 0.1) is 10.5 Å². The molecule has 116 valence electrons. The van der Waals surface area contributed by atoms with E-state index in [1.54, 1.807) is 18.2 Å². The first-order chi connectivity index (χ1) is 10.3. The molecule has 0 saturated heterocycles. The van der Waals surface area contributed by atoms with Crippen molar-refractivity contribution in [1.82, 2.24) is 0 Å². The molecule has 2 aromatic carbocycles. The van der Waals surface area contributed by atoms with Gasteiger partial charge in [0.15, 0.2) is 9.84 Å². The van der Waals surface area contributed by atoms with Crippen LogP contribution in [0.4, 0.5) is 0 Å². The number of hydrogen-bond donors (Lipinski definition) is 0. The predicted octanol–water partition coefficient (Wildman–Crippen LogP) is 3.75. The lowest BCUT2D eigenvalue weighted by Gasteiger charge is -2.07. The third-order valence-corrected chi connectivity index (χ3v) is 4.61. The molecule has 0 aliphatic heterocycles. The largest absolute Gasteiger partial charge is 0.457 e. The van der Waals surface area contributed by atoms with E-state index < -0.39 is 15.8 Å². The molecule has 0 atom stereocenters. The highest BCUT2D eigenvalue weighted by atomic mass is 35.5. The van der Waals surface area contributed by atoms with Crippen molar-refractivity contribution >= 4 is 39.0 Å². The van der Waals surface area contributed by atoms with Crippen molar-refractivity contribution in [2.45, 2.75) is 11.5 Å². The van der Waals surface area contributed by atoms with Gasteiger partial charge in [-0.2, -0.15) is 0 Å². The zero-order chi connectivity index (χ0) is 16.3. The minimum absolute atomic E-state index is 0.00264. The Kier molecular flexibility index (Phi) is 5.11. The normalized spacial score (nSPS) is 11.2. The highest BCUT2D eigenvalue weighted by molar-refractivity contribution is 7.90. The number of carbonyl (C=O) groups is 1. The Morgan fingerprint density at radius 3 is 2.27 bits per heavy atom. The van der Waals surface area contributed by atoms with Crippen LogP contribution in [0.2, 0.25) is 10.0 Å². The second-order valence-electron chi connectivity index (χ2n) is 4.61. The molecule has 0 aromatic heterocycles. The van der Waals surface area contributed by atoms with Gasteiger partial charge in [0.2, 0.25) is 0 Å². The summed E-state index contributed by atoms with van der Waals surface area (Å²) >= 11 is 11.8. The van der Waals surface area contributed by atoms with E-state index in [0.29, 0.717) is 15.6 Å². The summed E-state index contributed by atoms with van der Waals surface area (Å²) in [5, 5.41) is 0.907. The summed E-state index contributed by atoms with van der Waals surface area (Å²) in [6.07, 6.45) is 1.10. The van der Waals surface area contributed by atoms with E-state index in [2.05, 4.69) is 0 Å². The SMILES string of the molecule is CS(=O)(=O)c1ccc(C(=O)OCc2ccc(Cl)cc2Cl)cc1. The molecule has 0 heterocycles. The zero-order valence-corrected chi connectivity index (χ0v) is 13.9. The van der Waals surface area contributed by atoms with Crippen LogP contribution in [0.15, 0.2) is 47.4 Å². The predicted molar refractivity (Wildman–Crippen MR) is 85.1 cm³/mol. The van der Waals surface area contributed by atoms with Gasteiger partial charge in [0.1, 0.15) is 6.61 Å². The smallest absolute Gasteiger partial charge is 0.338 e. The van der Waals surface area contributed by atoms with Crippen molar-refractivity contribution in [2.75, 3.05) is 6.26 Å². The molecule has 0 saturated carbocycles. The van der Waals surface area contributed by atoms with Crippen LogP contribution in [0.1, 0.15) is 15.9 Å². The Balaban J connectivity index is 2.06. The molecule has 22 heavy (non-hydrogen) atoms. The third kappa shape index (κ3) is 4.22. The van der Waals surface area contributed by atoms with Crippen LogP contribution >= 0.6 is 23.2 Å². The maximum absolute atomic E-state index is 11.9. The third-order valence-electron chi connectivity index (χ3n) is 2.89. The van der Waals surface area contributed by atoms with E-state index in [0.717, 1.165) is 6.26 Å². The van der Waals surface area contributed by atoms with E-state index in [4.69, 9.17) is 27.9 Å². The number of benzene rings is 2. The second kappa shape index (κ2) is 6.69. The fourth-order valence-electron chi connectivity index (χ4n) is 1.70. The van der Waals surface area contributed by atoms with Crippen LogP contribution < -0.4 is 0 Å². The first-order valence-electron chi connectivity index (χ1n) is 6.18. The summed E-state index contributed by atoms with van der Waals surface area (Å²) in [5.74, 6) is -0.564. The number of esters is 1. The van der Waals surface area contributed by atoms with Crippen LogP contribution in [-0.2, 0) is 21.2 Å². The van der Waals surface area contributed by atoms with E-state index in [1.165, 1.54) is 24.3 Å². The van der Waals surface area contributed by atoms with Crippen LogP contribution in [0, 0.1) is 0 Å². The second-order valence-corrected chi connectivity index (χ2v) is 7.47. The maximum atomic E-state index is 11.9. The highest BCUT2D eigenvalue weighted by Crippen LogP contribution is 2.22. The summed E-state index contributed by atoms with van der Waals surface area (Å²) < 4.78 is 27.8. The van der Waals surface area contributed by atoms with Gasteiger partial charge in [0.25, 0.3) is 0 Å². The molecular weight excluding hydrogens is 347 g/mol. The van der Waals surface area contributed by atoms with Gasteiger partial charge in [0, 0.05) is 21.9 Å². The summed E-state index contributed by atoms with van der Waals surface area (Å²) in [6.45, 7) is 0.00264. The van der Waals surface area contributed by atoms with Gasteiger partial charge in [-0.1, -0.05) is 29.3 Å². The quantitative estimate of drug-likeness (QED) is 0.780. The lowest BCUT2D eigenvalue weighted by atomic mass is 10.2. The lowest BCUT2D eigenvalue weighted by molar-refractivity contribution is 0.0473. The average Bonchev–Trinajstić information content (AvgIpc) is 2.45. The van der Waals surface area contributed by atoms with Gasteiger partial charge in [-0.3, -0.25) is 0 Å². The molecule has 4 nitrogen and oxygen atoms in total. The molecule has 0 spiro atoms. The van der Waals surface area contributed by atoms with E-state index in [9.17, 15) is 13.2 Å². The molecular formula is C15H12Cl2O4S. The molecule has 0 unspecified atom stereocenters. The highest BCUT2D eigenvalue weighted by Gasteiger charge is 2.12. The van der Waals surface area contributed by atoms with Gasteiger partial charge >= 0.3 is 5.97 Å².